The molecule has 1 amide bonds. The van der Waals surface area contributed by atoms with Crippen LogP contribution in [0.15, 0.2) is 78.2 Å². The van der Waals surface area contributed by atoms with E-state index < -0.39 is 0 Å². The molecule has 1 heterocycles. The van der Waals surface area contributed by atoms with Crippen LogP contribution in [0.3, 0.4) is 0 Å². The van der Waals surface area contributed by atoms with Crippen LogP contribution in [0.5, 0.6) is 11.5 Å². The van der Waals surface area contributed by atoms with E-state index in [1.165, 1.54) is 0 Å². The van der Waals surface area contributed by atoms with Crippen molar-refractivity contribution in [2.45, 2.75) is 6.42 Å². The molecule has 0 aliphatic heterocycles. The number of hydrogen-bond donors (Lipinski definition) is 1. The number of carbonyl (C=O) groups excluding carboxylic acids is 1. The number of nitrogens with one attached hydrogen (secondary N) is 1. The lowest BCUT2D eigenvalue weighted by molar-refractivity contribution is 0.102. The second-order valence-electron chi connectivity index (χ2n) is 6.89. The SMILES string of the molecule is COc1ccc(Cc2nc(-c3ccc(NC(=O)c4ccccc4)cc3)cs2)cc1OC. The number of benzene rings is 3. The Balaban J connectivity index is 1.44. The topological polar surface area (TPSA) is 60.5 Å². The molecule has 1 N–H and O–H groups in total. The Morgan fingerprint density at radius 1 is 0.935 bits per heavy atom. The number of rotatable bonds is 7. The number of amides is 1. The van der Waals surface area contributed by atoms with E-state index in [1.54, 1.807) is 37.7 Å². The highest BCUT2D eigenvalue weighted by molar-refractivity contribution is 7.10. The van der Waals surface area contributed by atoms with Crippen LogP contribution in [0.4, 0.5) is 5.69 Å². The molecule has 0 atom stereocenters. The van der Waals surface area contributed by atoms with E-state index >= 15 is 0 Å². The molecule has 0 radical (unpaired) electrons. The van der Waals surface area contributed by atoms with Gasteiger partial charge in [-0.2, -0.15) is 0 Å². The van der Waals surface area contributed by atoms with Crippen molar-refractivity contribution in [1.29, 1.82) is 0 Å². The van der Waals surface area contributed by atoms with Crippen molar-refractivity contribution in [3.8, 4) is 22.8 Å². The Bertz CT molecular complexity index is 1170. The summed E-state index contributed by atoms with van der Waals surface area (Å²) in [6.45, 7) is 0. The molecule has 0 spiro atoms. The van der Waals surface area contributed by atoms with E-state index in [0.717, 1.165) is 33.9 Å². The molecule has 0 fully saturated rings. The van der Waals surface area contributed by atoms with Crippen molar-refractivity contribution in [2.75, 3.05) is 19.5 Å². The normalized spacial score (nSPS) is 10.5. The molecule has 5 nitrogen and oxygen atoms in total. The van der Waals surface area contributed by atoms with E-state index in [0.29, 0.717) is 17.1 Å². The standard InChI is InChI=1S/C25H22N2O3S/c1-29-22-13-8-17(14-23(22)30-2)15-24-27-21(16-31-24)18-9-11-20(12-10-18)26-25(28)19-6-4-3-5-7-19/h3-14,16H,15H2,1-2H3,(H,26,28). The van der Waals surface area contributed by atoms with Gasteiger partial charge in [0.15, 0.2) is 11.5 Å². The number of carbonyl (C=O) groups is 1. The summed E-state index contributed by atoms with van der Waals surface area (Å²) in [6.07, 6.45) is 0.718. The van der Waals surface area contributed by atoms with Gasteiger partial charge in [-0.25, -0.2) is 4.98 Å². The van der Waals surface area contributed by atoms with Gasteiger partial charge in [0.25, 0.3) is 5.91 Å². The van der Waals surface area contributed by atoms with E-state index in [1.807, 2.05) is 66.0 Å². The first-order valence-corrected chi connectivity index (χ1v) is 10.7. The highest BCUT2D eigenvalue weighted by Gasteiger charge is 2.10. The summed E-state index contributed by atoms with van der Waals surface area (Å²) in [6, 6.07) is 22.8. The average Bonchev–Trinajstić information content (AvgIpc) is 3.28. The zero-order valence-corrected chi connectivity index (χ0v) is 18.1. The molecular formula is C25H22N2O3S. The van der Waals surface area contributed by atoms with Gasteiger partial charge in [-0.1, -0.05) is 36.4 Å². The van der Waals surface area contributed by atoms with Crippen molar-refractivity contribution in [2.24, 2.45) is 0 Å². The zero-order chi connectivity index (χ0) is 21.6. The van der Waals surface area contributed by atoms with Crippen LogP contribution in [0.2, 0.25) is 0 Å². The number of thiazole rings is 1. The first-order valence-electron chi connectivity index (χ1n) is 9.78. The quantitative estimate of drug-likeness (QED) is 0.410. The number of aromatic nitrogens is 1. The zero-order valence-electron chi connectivity index (χ0n) is 17.3. The van der Waals surface area contributed by atoms with Gasteiger partial charge < -0.3 is 14.8 Å². The molecule has 0 saturated heterocycles. The van der Waals surface area contributed by atoms with Gasteiger partial charge >= 0.3 is 0 Å². The molecule has 4 aromatic rings. The summed E-state index contributed by atoms with van der Waals surface area (Å²) >= 11 is 1.62. The Labute approximate surface area is 185 Å². The summed E-state index contributed by atoms with van der Waals surface area (Å²) in [5.41, 5.74) is 4.41. The molecule has 156 valence electrons. The highest BCUT2D eigenvalue weighted by atomic mass is 32.1. The minimum atomic E-state index is -0.126. The summed E-state index contributed by atoms with van der Waals surface area (Å²) in [5.74, 6) is 1.30. The van der Waals surface area contributed by atoms with Crippen molar-refractivity contribution in [3.63, 3.8) is 0 Å². The molecule has 31 heavy (non-hydrogen) atoms. The summed E-state index contributed by atoms with van der Waals surface area (Å²) < 4.78 is 10.7. The van der Waals surface area contributed by atoms with Crippen LogP contribution in [0.25, 0.3) is 11.3 Å². The number of ether oxygens (including phenoxy) is 2. The molecule has 1 aromatic heterocycles. The van der Waals surface area contributed by atoms with Gasteiger partial charge in [0.05, 0.1) is 24.9 Å². The van der Waals surface area contributed by atoms with Gasteiger partial charge in [0, 0.05) is 28.6 Å². The minimum Gasteiger partial charge on any atom is -0.493 e. The maximum absolute atomic E-state index is 12.3. The van der Waals surface area contributed by atoms with Crippen LogP contribution >= 0.6 is 11.3 Å². The van der Waals surface area contributed by atoms with E-state index in [9.17, 15) is 4.79 Å². The average molecular weight is 431 g/mol. The first kappa shape index (κ1) is 20.6. The van der Waals surface area contributed by atoms with Gasteiger partial charge in [-0.3, -0.25) is 4.79 Å². The molecule has 0 aliphatic rings. The van der Waals surface area contributed by atoms with Gasteiger partial charge in [-0.05, 0) is 42.0 Å². The second-order valence-corrected chi connectivity index (χ2v) is 7.83. The molecular weight excluding hydrogens is 408 g/mol. The molecule has 0 unspecified atom stereocenters. The summed E-state index contributed by atoms with van der Waals surface area (Å²) in [5, 5.41) is 5.98. The van der Waals surface area contributed by atoms with E-state index in [2.05, 4.69) is 5.32 Å². The lowest BCUT2D eigenvalue weighted by atomic mass is 10.1. The van der Waals surface area contributed by atoms with Crippen molar-refractivity contribution < 1.29 is 14.3 Å². The van der Waals surface area contributed by atoms with Gasteiger partial charge in [0.2, 0.25) is 0 Å². The number of methoxy groups -OCH3 is 2. The molecule has 6 heteroatoms. The van der Waals surface area contributed by atoms with E-state index in [-0.39, 0.29) is 5.91 Å². The second kappa shape index (κ2) is 9.45. The maximum Gasteiger partial charge on any atom is 0.255 e. The smallest absolute Gasteiger partial charge is 0.255 e. The predicted octanol–water partition coefficient (Wildman–Crippen LogP) is 5.67. The third-order valence-electron chi connectivity index (χ3n) is 4.83. The number of anilines is 1. The van der Waals surface area contributed by atoms with Gasteiger partial charge in [0.1, 0.15) is 0 Å². The van der Waals surface area contributed by atoms with Crippen LogP contribution in [-0.2, 0) is 6.42 Å². The third kappa shape index (κ3) is 4.92. The Kier molecular flexibility index (Phi) is 6.29. The highest BCUT2D eigenvalue weighted by Crippen LogP contribution is 2.30. The summed E-state index contributed by atoms with van der Waals surface area (Å²) in [4.78, 5) is 17.1. The first-order chi connectivity index (χ1) is 15.2. The molecule has 0 aliphatic carbocycles. The predicted molar refractivity (Wildman–Crippen MR) is 124 cm³/mol. The molecule has 3 aromatic carbocycles. The minimum absolute atomic E-state index is 0.126. The maximum atomic E-state index is 12.3. The van der Waals surface area contributed by atoms with Gasteiger partial charge in [-0.15, -0.1) is 11.3 Å². The monoisotopic (exact) mass is 430 g/mol. The lowest BCUT2D eigenvalue weighted by Gasteiger charge is -2.08. The largest absolute Gasteiger partial charge is 0.493 e. The van der Waals surface area contributed by atoms with E-state index in [4.69, 9.17) is 14.5 Å². The van der Waals surface area contributed by atoms with Crippen molar-refractivity contribution in [1.82, 2.24) is 4.98 Å². The Morgan fingerprint density at radius 2 is 1.68 bits per heavy atom. The Morgan fingerprint density at radius 3 is 2.39 bits per heavy atom. The molecule has 4 rings (SSSR count). The van der Waals surface area contributed by atoms with Crippen LogP contribution in [-0.4, -0.2) is 25.1 Å². The molecule has 0 saturated carbocycles. The summed E-state index contributed by atoms with van der Waals surface area (Å²) in [7, 11) is 3.26. The fraction of sp³-hybridized carbons (Fsp3) is 0.120. The van der Waals surface area contributed by atoms with Crippen molar-refractivity contribution >= 4 is 22.9 Å². The fourth-order valence-electron chi connectivity index (χ4n) is 3.21. The van der Waals surface area contributed by atoms with Crippen LogP contribution in [0.1, 0.15) is 20.9 Å². The lowest BCUT2D eigenvalue weighted by Crippen LogP contribution is -2.11. The number of hydrogen-bond acceptors (Lipinski definition) is 5. The molecule has 0 bridgehead atoms. The van der Waals surface area contributed by atoms with Crippen molar-refractivity contribution in [3.05, 3.63) is 94.3 Å². The number of nitrogens with zero attached hydrogens (tertiary/aromatic N) is 1. The Hall–Kier alpha value is -3.64. The fourth-order valence-corrected chi connectivity index (χ4v) is 4.04. The third-order valence-corrected chi connectivity index (χ3v) is 5.68. The van der Waals surface area contributed by atoms with Crippen LogP contribution in [0, 0.1) is 0 Å². The van der Waals surface area contributed by atoms with Crippen LogP contribution < -0.4 is 14.8 Å².